The van der Waals surface area contributed by atoms with E-state index in [0.29, 0.717) is 15.6 Å². The number of carbonyl (C=O) groups is 2. The molecule has 27 heavy (non-hydrogen) atoms. The van der Waals surface area contributed by atoms with Crippen molar-refractivity contribution in [2.75, 3.05) is 11.9 Å². The van der Waals surface area contributed by atoms with Crippen LogP contribution in [0.5, 0.6) is 0 Å². The van der Waals surface area contributed by atoms with Crippen LogP contribution in [0.1, 0.15) is 11.1 Å². The number of hydrogen-bond donors (Lipinski definition) is 1. The van der Waals surface area contributed by atoms with E-state index in [1.54, 1.807) is 12.1 Å². The second-order valence-electron chi connectivity index (χ2n) is 5.21. The molecular formula is C18H12Cl2F3NO3. The molecule has 1 N–H and O–H groups in total. The summed E-state index contributed by atoms with van der Waals surface area (Å²) in [6.45, 7) is -0.739. The van der Waals surface area contributed by atoms with Crippen molar-refractivity contribution in [1.82, 2.24) is 0 Å². The van der Waals surface area contributed by atoms with E-state index < -0.39 is 35.9 Å². The fourth-order valence-corrected chi connectivity index (χ4v) is 2.30. The maximum absolute atomic E-state index is 12.9. The summed E-state index contributed by atoms with van der Waals surface area (Å²) >= 11 is 11.6. The summed E-state index contributed by atoms with van der Waals surface area (Å²) < 4.78 is 43.3. The van der Waals surface area contributed by atoms with Gasteiger partial charge in [0.05, 0.1) is 21.3 Å². The molecule has 142 valence electrons. The lowest BCUT2D eigenvalue weighted by molar-refractivity contribution is -0.142. The Hall–Kier alpha value is -2.51. The molecule has 0 fully saturated rings. The van der Waals surface area contributed by atoms with E-state index in [2.05, 4.69) is 5.32 Å². The Morgan fingerprint density at radius 2 is 1.78 bits per heavy atom. The largest absolute Gasteiger partial charge is 0.452 e. The molecule has 0 unspecified atom stereocenters. The summed E-state index contributed by atoms with van der Waals surface area (Å²) in [5.41, 5.74) is -0.841. The average molecular weight is 418 g/mol. The Labute approximate surface area is 162 Å². The summed E-state index contributed by atoms with van der Waals surface area (Å²) in [4.78, 5) is 23.4. The molecule has 0 heterocycles. The molecule has 0 aliphatic rings. The first-order chi connectivity index (χ1) is 12.7. The fourth-order valence-electron chi connectivity index (χ4n) is 1.99. The normalized spacial score (nSPS) is 11.4. The lowest BCUT2D eigenvalue weighted by atomic mass is 10.1. The van der Waals surface area contributed by atoms with Crippen LogP contribution < -0.4 is 5.32 Å². The van der Waals surface area contributed by atoms with Gasteiger partial charge in [-0.1, -0.05) is 41.4 Å². The average Bonchev–Trinajstić information content (AvgIpc) is 2.60. The first-order valence-electron chi connectivity index (χ1n) is 7.43. The number of halogens is 5. The van der Waals surface area contributed by atoms with Gasteiger partial charge in [-0.25, -0.2) is 4.79 Å². The summed E-state index contributed by atoms with van der Waals surface area (Å²) in [7, 11) is 0. The van der Waals surface area contributed by atoms with Crippen molar-refractivity contribution in [2.24, 2.45) is 0 Å². The van der Waals surface area contributed by atoms with Crippen LogP contribution in [0, 0.1) is 0 Å². The van der Waals surface area contributed by atoms with E-state index in [1.165, 1.54) is 24.3 Å². The van der Waals surface area contributed by atoms with Gasteiger partial charge in [0.25, 0.3) is 5.91 Å². The Morgan fingerprint density at radius 3 is 2.44 bits per heavy atom. The minimum Gasteiger partial charge on any atom is -0.452 e. The number of rotatable bonds is 5. The lowest BCUT2D eigenvalue weighted by Gasteiger charge is -2.13. The van der Waals surface area contributed by atoms with Crippen LogP contribution in [0.4, 0.5) is 18.9 Å². The highest BCUT2D eigenvalue weighted by Gasteiger charge is 2.33. The molecule has 2 aromatic carbocycles. The van der Waals surface area contributed by atoms with Gasteiger partial charge >= 0.3 is 12.1 Å². The van der Waals surface area contributed by atoms with Crippen LogP contribution >= 0.6 is 23.2 Å². The van der Waals surface area contributed by atoms with Gasteiger partial charge in [0.2, 0.25) is 0 Å². The van der Waals surface area contributed by atoms with E-state index in [1.807, 2.05) is 0 Å². The number of benzene rings is 2. The minimum atomic E-state index is -4.62. The molecule has 9 heteroatoms. The minimum absolute atomic E-state index is 0.301. The van der Waals surface area contributed by atoms with E-state index in [9.17, 15) is 22.8 Å². The van der Waals surface area contributed by atoms with Gasteiger partial charge in [-0.05, 0) is 35.9 Å². The Balaban J connectivity index is 1.91. The third-order valence-corrected chi connectivity index (χ3v) is 3.95. The molecule has 4 nitrogen and oxygen atoms in total. The SMILES string of the molecule is O=C(COC(=O)/C=C/c1ccc(Cl)c(Cl)c1)Nc1ccccc1C(F)(F)F. The molecule has 0 bridgehead atoms. The zero-order valence-electron chi connectivity index (χ0n) is 13.5. The maximum Gasteiger partial charge on any atom is 0.418 e. The predicted octanol–water partition coefficient (Wildman–Crippen LogP) is 5.21. The van der Waals surface area contributed by atoms with Crippen LogP contribution in [0.3, 0.4) is 0 Å². The van der Waals surface area contributed by atoms with Crippen LogP contribution in [-0.4, -0.2) is 18.5 Å². The van der Waals surface area contributed by atoms with E-state index in [-0.39, 0.29) is 0 Å². The monoisotopic (exact) mass is 417 g/mol. The van der Waals surface area contributed by atoms with E-state index in [4.69, 9.17) is 27.9 Å². The molecule has 0 aliphatic heterocycles. The molecule has 1 amide bonds. The number of para-hydroxylation sites is 1. The second kappa shape index (κ2) is 8.92. The number of anilines is 1. The van der Waals surface area contributed by atoms with Crippen LogP contribution in [0.15, 0.2) is 48.5 Å². The highest BCUT2D eigenvalue weighted by Crippen LogP contribution is 2.34. The van der Waals surface area contributed by atoms with Crippen molar-refractivity contribution in [2.45, 2.75) is 6.18 Å². The summed E-state index contributed by atoms with van der Waals surface area (Å²) in [5, 5.41) is 2.72. The van der Waals surface area contributed by atoms with Gasteiger partial charge in [-0.15, -0.1) is 0 Å². The zero-order chi connectivity index (χ0) is 20.0. The van der Waals surface area contributed by atoms with Crippen molar-refractivity contribution in [3.05, 3.63) is 69.7 Å². The first kappa shape index (κ1) is 20.8. The molecule has 0 aliphatic carbocycles. The summed E-state index contributed by atoms with van der Waals surface area (Å²) in [5.74, 6) is -1.75. The highest BCUT2D eigenvalue weighted by molar-refractivity contribution is 6.42. The number of nitrogens with one attached hydrogen (secondary N) is 1. The Morgan fingerprint density at radius 1 is 1.07 bits per heavy atom. The molecule has 0 atom stereocenters. The number of hydrogen-bond acceptors (Lipinski definition) is 3. The van der Waals surface area contributed by atoms with Crippen molar-refractivity contribution in [3.8, 4) is 0 Å². The summed E-state index contributed by atoms with van der Waals surface area (Å²) in [6.07, 6.45) is -2.18. The van der Waals surface area contributed by atoms with Crippen molar-refractivity contribution < 1.29 is 27.5 Å². The van der Waals surface area contributed by atoms with Gasteiger partial charge in [0.1, 0.15) is 0 Å². The van der Waals surface area contributed by atoms with Crippen molar-refractivity contribution in [3.63, 3.8) is 0 Å². The van der Waals surface area contributed by atoms with Crippen LogP contribution in [-0.2, 0) is 20.5 Å². The fraction of sp³-hybridized carbons (Fsp3) is 0.111. The quantitative estimate of drug-likeness (QED) is 0.536. The molecular weight excluding hydrogens is 406 g/mol. The number of alkyl halides is 3. The molecule has 0 spiro atoms. The Bertz CT molecular complexity index is 882. The van der Waals surface area contributed by atoms with E-state index >= 15 is 0 Å². The van der Waals surface area contributed by atoms with Gasteiger partial charge in [0.15, 0.2) is 6.61 Å². The number of esters is 1. The third kappa shape index (κ3) is 6.30. The van der Waals surface area contributed by atoms with Gasteiger partial charge in [0, 0.05) is 6.08 Å². The molecule has 0 saturated carbocycles. The Kier molecular flexibility index (Phi) is 6.87. The van der Waals surface area contributed by atoms with Gasteiger partial charge in [-0.2, -0.15) is 13.2 Å². The van der Waals surface area contributed by atoms with Crippen LogP contribution in [0.25, 0.3) is 6.08 Å². The first-order valence-corrected chi connectivity index (χ1v) is 8.18. The lowest BCUT2D eigenvalue weighted by Crippen LogP contribution is -2.22. The zero-order valence-corrected chi connectivity index (χ0v) is 15.0. The van der Waals surface area contributed by atoms with Crippen molar-refractivity contribution >= 4 is 46.8 Å². The smallest absolute Gasteiger partial charge is 0.418 e. The molecule has 2 rings (SSSR count). The van der Waals surface area contributed by atoms with E-state index in [0.717, 1.165) is 18.2 Å². The van der Waals surface area contributed by atoms with Crippen LogP contribution in [0.2, 0.25) is 10.0 Å². The second-order valence-corrected chi connectivity index (χ2v) is 6.02. The summed E-state index contributed by atoms with van der Waals surface area (Å²) in [6, 6.07) is 9.16. The molecule has 0 saturated heterocycles. The topological polar surface area (TPSA) is 55.4 Å². The molecule has 0 aromatic heterocycles. The predicted molar refractivity (Wildman–Crippen MR) is 96.5 cm³/mol. The molecule has 0 radical (unpaired) electrons. The van der Waals surface area contributed by atoms with Gasteiger partial charge in [-0.3, -0.25) is 4.79 Å². The van der Waals surface area contributed by atoms with Crippen molar-refractivity contribution in [1.29, 1.82) is 0 Å². The number of amides is 1. The third-order valence-electron chi connectivity index (χ3n) is 3.21. The highest BCUT2D eigenvalue weighted by atomic mass is 35.5. The number of carbonyl (C=O) groups excluding carboxylic acids is 2. The molecule has 2 aromatic rings. The number of ether oxygens (including phenoxy) is 1. The maximum atomic E-state index is 12.9. The van der Waals surface area contributed by atoms with Gasteiger partial charge < -0.3 is 10.1 Å². The standard InChI is InChI=1S/C18H12Cl2F3NO3/c19-13-7-5-11(9-14(13)20)6-8-17(26)27-10-16(25)24-15-4-2-1-3-12(15)18(21,22)23/h1-9H,10H2,(H,24,25)/b8-6+.